The normalized spacial score (nSPS) is 16.5. The van der Waals surface area contributed by atoms with Gasteiger partial charge in [-0.25, -0.2) is 8.42 Å². The summed E-state index contributed by atoms with van der Waals surface area (Å²) in [5.41, 5.74) is -0.433. The Morgan fingerprint density at radius 3 is 2.36 bits per heavy atom. The lowest BCUT2D eigenvalue weighted by Crippen LogP contribution is -2.41. The number of carbonyl (C=O) groups excluding carboxylic acids is 1. The van der Waals surface area contributed by atoms with Crippen LogP contribution in [-0.4, -0.2) is 50.4 Å². The highest BCUT2D eigenvalue weighted by Crippen LogP contribution is 2.36. The second-order valence-electron chi connectivity index (χ2n) is 7.41. The number of benzene rings is 1. The van der Waals surface area contributed by atoms with E-state index in [0.717, 1.165) is 13.2 Å². The van der Waals surface area contributed by atoms with Crippen LogP contribution < -0.4 is 4.74 Å². The molecular weight excluding hydrogens is 395 g/mol. The van der Waals surface area contributed by atoms with Crippen LogP contribution in [0.1, 0.15) is 37.8 Å². The minimum absolute atomic E-state index is 0.0243. The molecule has 0 spiro atoms. The zero-order valence-electron chi connectivity index (χ0n) is 16.3. The number of hydrogen-bond donors (Lipinski definition) is 0. The molecule has 2 rings (SSSR count). The second kappa shape index (κ2) is 8.71. The van der Waals surface area contributed by atoms with Crippen LogP contribution in [0.25, 0.3) is 0 Å². The summed E-state index contributed by atoms with van der Waals surface area (Å²) in [4.78, 5) is 14.1. The Bertz CT molecular complexity index is 798. The zero-order chi connectivity index (χ0) is 21.1. The SMILES string of the molecule is COc1cc(CC(=O)N2CCC(CS(=O)(=O)C(C)C)CC2)ccc1C(F)(F)F. The standard InChI is InChI=1S/C19H26F3NO4S/c1-13(2)28(25,26)12-14-6-8-23(9-7-14)18(24)11-15-4-5-16(19(20,21)22)17(10-15)27-3/h4-5,10,13-14H,6-9,11-12H2,1-3H3. The van der Waals surface area contributed by atoms with E-state index in [1.165, 1.54) is 12.1 Å². The van der Waals surface area contributed by atoms with Crippen LogP contribution in [0.5, 0.6) is 5.75 Å². The van der Waals surface area contributed by atoms with Crippen molar-refractivity contribution in [3.8, 4) is 5.75 Å². The molecule has 1 aromatic rings. The van der Waals surface area contributed by atoms with Gasteiger partial charge in [-0.15, -0.1) is 0 Å². The van der Waals surface area contributed by atoms with E-state index in [1.54, 1.807) is 18.7 Å². The van der Waals surface area contributed by atoms with Gasteiger partial charge in [0, 0.05) is 13.1 Å². The first-order valence-corrected chi connectivity index (χ1v) is 10.9. The van der Waals surface area contributed by atoms with Gasteiger partial charge in [-0.3, -0.25) is 4.79 Å². The van der Waals surface area contributed by atoms with Crippen LogP contribution in [0, 0.1) is 5.92 Å². The molecule has 1 saturated heterocycles. The molecule has 1 aliphatic rings. The first-order valence-electron chi connectivity index (χ1n) is 9.17. The number of halogens is 3. The highest BCUT2D eigenvalue weighted by Gasteiger charge is 2.34. The summed E-state index contributed by atoms with van der Waals surface area (Å²) >= 11 is 0. The average Bonchev–Trinajstić information content (AvgIpc) is 2.60. The number of sulfone groups is 1. The smallest absolute Gasteiger partial charge is 0.419 e. The molecular formula is C19H26F3NO4S. The number of hydrogen-bond acceptors (Lipinski definition) is 4. The molecule has 0 radical (unpaired) electrons. The minimum atomic E-state index is -4.52. The summed E-state index contributed by atoms with van der Waals surface area (Å²) in [5.74, 6) is -0.340. The molecule has 0 saturated carbocycles. The third-order valence-electron chi connectivity index (χ3n) is 5.08. The Morgan fingerprint density at radius 2 is 1.86 bits per heavy atom. The Balaban J connectivity index is 1.96. The van der Waals surface area contributed by atoms with Crippen molar-refractivity contribution in [3.05, 3.63) is 29.3 Å². The number of nitrogens with zero attached hydrogens (tertiary/aromatic N) is 1. The molecule has 28 heavy (non-hydrogen) atoms. The molecule has 0 bridgehead atoms. The first kappa shape index (κ1) is 22.5. The summed E-state index contributed by atoms with van der Waals surface area (Å²) in [6.45, 7) is 4.22. The van der Waals surface area contributed by atoms with Gasteiger partial charge in [-0.05, 0) is 50.3 Å². The maximum Gasteiger partial charge on any atom is 0.419 e. The third-order valence-corrected chi connectivity index (χ3v) is 7.45. The Morgan fingerprint density at radius 1 is 1.25 bits per heavy atom. The lowest BCUT2D eigenvalue weighted by atomic mass is 9.98. The van der Waals surface area contributed by atoms with E-state index in [4.69, 9.17) is 4.74 Å². The fourth-order valence-corrected chi connectivity index (χ4v) is 4.61. The van der Waals surface area contributed by atoms with E-state index in [9.17, 15) is 26.4 Å². The quantitative estimate of drug-likeness (QED) is 0.707. The largest absolute Gasteiger partial charge is 0.496 e. The van der Waals surface area contributed by atoms with Crippen LogP contribution >= 0.6 is 0 Å². The molecule has 1 fully saturated rings. The molecule has 0 atom stereocenters. The van der Waals surface area contributed by atoms with Crippen LogP contribution in [0.15, 0.2) is 18.2 Å². The molecule has 0 aliphatic carbocycles. The predicted octanol–water partition coefficient (Wildman–Crippen LogP) is 3.32. The highest BCUT2D eigenvalue weighted by atomic mass is 32.2. The molecule has 0 unspecified atom stereocenters. The maximum absolute atomic E-state index is 12.9. The van der Waals surface area contributed by atoms with Crippen LogP contribution in [0.4, 0.5) is 13.2 Å². The number of methoxy groups -OCH3 is 1. The Labute approximate surface area is 163 Å². The van der Waals surface area contributed by atoms with E-state index in [1.807, 2.05) is 0 Å². The summed E-state index contributed by atoms with van der Waals surface area (Å²) in [5, 5.41) is -0.415. The van der Waals surface area contributed by atoms with Gasteiger partial charge in [0.2, 0.25) is 5.91 Å². The Kier molecular flexibility index (Phi) is 7.01. The molecule has 9 heteroatoms. The summed E-state index contributed by atoms with van der Waals surface area (Å²) < 4.78 is 67.7. The van der Waals surface area contributed by atoms with Gasteiger partial charge >= 0.3 is 6.18 Å². The fraction of sp³-hybridized carbons (Fsp3) is 0.632. The van der Waals surface area contributed by atoms with Crippen molar-refractivity contribution in [2.75, 3.05) is 26.0 Å². The molecule has 158 valence electrons. The van der Waals surface area contributed by atoms with E-state index in [0.29, 0.717) is 31.5 Å². The highest BCUT2D eigenvalue weighted by molar-refractivity contribution is 7.91. The predicted molar refractivity (Wildman–Crippen MR) is 99.9 cm³/mol. The van der Waals surface area contributed by atoms with Crippen molar-refractivity contribution in [1.29, 1.82) is 0 Å². The number of piperidine rings is 1. The van der Waals surface area contributed by atoms with Gasteiger partial charge in [0.25, 0.3) is 0 Å². The van der Waals surface area contributed by atoms with E-state index in [-0.39, 0.29) is 29.7 Å². The van der Waals surface area contributed by atoms with Crippen molar-refractivity contribution < 1.29 is 31.1 Å². The van der Waals surface area contributed by atoms with Crippen molar-refractivity contribution >= 4 is 15.7 Å². The molecule has 1 heterocycles. The van der Waals surface area contributed by atoms with Gasteiger partial charge in [0.1, 0.15) is 5.75 Å². The average molecular weight is 421 g/mol. The van der Waals surface area contributed by atoms with Crippen molar-refractivity contribution in [2.45, 2.75) is 44.5 Å². The van der Waals surface area contributed by atoms with Gasteiger partial charge in [0.05, 0.1) is 30.1 Å². The second-order valence-corrected chi connectivity index (χ2v) is 10.0. The number of rotatable bonds is 6. The lowest BCUT2D eigenvalue weighted by Gasteiger charge is -2.32. The summed E-state index contributed by atoms with van der Waals surface area (Å²) in [7, 11) is -1.96. The number of likely N-dealkylation sites (tertiary alicyclic amines) is 1. The van der Waals surface area contributed by atoms with Crippen LogP contribution in [-0.2, 0) is 27.2 Å². The van der Waals surface area contributed by atoms with Gasteiger partial charge in [-0.2, -0.15) is 13.2 Å². The maximum atomic E-state index is 12.9. The summed E-state index contributed by atoms with van der Waals surface area (Å²) in [6, 6.07) is 3.44. The minimum Gasteiger partial charge on any atom is -0.496 e. The van der Waals surface area contributed by atoms with E-state index < -0.39 is 26.8 Å². The monoisotopic (exact) mass is 421 g/mol. The molecule has 5 nitrogen and oxygen atoms in total. The first-order chi connectivity index (χ1) is 12.9. The molecule has 1 amide bonds. The molecule has 1 aliphatic heterocycles. The molecule has 1 aromatic carbocycles. The van der Waals surface area contributed by atoms with Crippen molar-refractivity contribution in [1.82, 2.24) is 4.90 Å². The topological polar surface area (TPSA) is 63.7 Å². The Hall–Kier alpha value is -1.77. The number of alkyl halides is 3. The van der Waals surface area contributed by atoms with Crippen LogP contribution in [0.2, 0.25) is 0 Å². The molecule has 0 aromatic heterocycles. The van der Waals surface area contributed by atoms with Crippen molar-refractivity contribution in [2.24, 2.45) is 5.92 Å². The zero-order valence-corrected chi connectivity index (χ0v) is 17.1. The molecule has 0 N–H and O–H groups in total. The number of amides is 1. The number of carbonyl (C=O) groups is 1. The van der Waals surface area contributed by atoms with Gasteiger partial charge < -0.3 is 9.64 Å². The van der Waals surface area contributed by atoms with Crippen molar-refractivity contribution in [3.63, 3.8) is 0 Å². The number of ether oxygens (including phenoxy) is 1. The lowest BCUT2D eigenvalue weighted by molar-refractivity contribution is -0.138. The van der Waals surface area contributed by atoms with E-state index >= 15 is 0 Å². The fourth-order valence-electron chi connectivity index (χ4n) is 3.24. The third kappa shape index (κ3) is 5.62. The van der Waals surface area contributed by atoms with Crippen LogP contribution in [0.3, 0.4) is 0 Å². The van der Waals surface area contributed by atoms with Gasteiger partial charge in [0.15, 0.2) is 9.84 Å². The van der Waals surface area contributed by atoms with Gasteiger partial charge in [-0.1, -0.05) is 6.07 Å². The van der Waals surface area contributed by atoms with E-state index in [2.05, 4.69) is 0 Å². The summed E-state index contributed by atoms with van der Waals surface area (Å²) in [6.07, 6.45) is -3.34.